The summed E-state index contributed by atoms with van der Waals surface area (Å²) in [5.74, 6) is -0.422. The first-order chi connectivity index (χ1) is 5.29. The highest BCUT2D eigenvalue weighted by Gasteiger charge is 2.40. The van der Waals surface area contributed by atoms with Crippen LogP contribution in [-0.4, -0.2) is 38.1 Å². The molecule has 1 aliphatic heterocycles. The SMILES string of the molecule is CCN1CCCC1(OC)OC. The summed E-state index contributed by atoms with van der Waals surface area (Å²) in [4.78, 5) is 2.22. The van der Waals surface area contributed by atoms with E-state index in [9.17, 15) is 0 Å². The molecule has 0 aliphatic carbocycles. The molecule has 1 fully saturated rings. The fraction of sp³-hybridized carbons (Fsp3) is 1.00. The molecular formula is C8H17NO2. The quantitative estimate of drug-likeness (QED) is 0.574. The van der Waals surface area contributed by atoms with Crippen molar-refractivity contribution in [3.63, 3.8) is 0 Å². The zero-order valence-corrected chi connectivity index (χ0v) is 7.59. The minimum Gasteiger partial charge on any atom is -0.341 e. The van der Waals surface area contributed by atoms with Crippen LogP contribution in [0.5, 0.6) is 0 Å². The van der Waals surface area contributed by atoms with Crippen LogP contribution in [0.1, 0.15) is 19.8 Å². The van der Waals surface area contributed by atoms with Gasteiger partial charge in [-0.25, -0.2) is 0 Å². The lowest BCUT2D eigenvalue weighted by Crippen LogP contribution is -2.46. The van der Waals surface area contributed by atoms with E-state index in [0.717, 1.165) is 25.9 Å². The summed E-state index contributed by atoms with van der Waals surface area (Å²) in [5, 5.41) is 0. The fourth-order valence-electron chi connectivity index (χ4n) is 1.77. The average Bonchev–Trinajstić information content (AvgIpc) is 2.47. The lowest BCUT2D eigenvalue weighted by atomic mass is 10.3. The van der Waals surface area contributed by atoms with Crippen LogP contribution in [0, 0.1) is 0 Å². The summed E-state index contributed by atoms with van der Waals surface area (Å²) in [5.41, 5.74) is 0. The number of nitrogens with zero attached hydrogens (tertiary/aromatic N) is 1. The maximum absolute atomic E-state index is 5.36. The van der Waals surface area contributed by atoms with Gasteiger partial charge in [0.2, 0.25) is 5.91 Å². The van der Waals surface area contributed by atoms with Crippen LogP contribution in [0.4, 0.5) is 0 Å². The van der Waals surface area contributed by atoms with Gasteiger partial charge in [0.15, 0.2) is 0 Å². The van der Waals surface area contributed by atoms with Crippen molar-refractivity contribution >= 4 is 0 Å². The van der Waals surface area contributed by atoms with Gasteiger partial charge in [-0.15, -0.1) is 0 Å². The van der Waals surface area contributed by atoms with E-state index in [0.29, 0.717) is 0 Å². The van der Waals surface area contributed by atoms with Gasteiger partial charge in [-0.2, -0.15) is 0 Å². The van der Waals surface area contributed by atoms with Gasteiger partial charge >= 0.3 is 0 Å². The molecular weight excluding hydrogens is 142 g/mol. The van der Waals surface area contributed by atoms with E-state index in [4.69, 9.17) is 9.47 Å². The van der Waals surface area contributed by atoms with Crippen molar-refractivity contribution in [3.8, 4) is 0 Å². The van der Waals surface area contributed by atoms with E-state index < -0.39 is 5.91 Å². The molecule has 1 heterocycles. The molecule has 1 saturated heterocycles. The van der Waals surface area contributed by atoms with Crippen molar-refractivity contribution in [2.24, 2.45) is 0 Å². The molecule has 0 aromatic carbocycles. The Kier molecular flexibility index (Phi) is 2.87. The Balaban J connectivity index is 2.63. The van der Waals surface area contributed by atoms with Crippen molar-refractivity contribution in [3.05, 3.63) is 0 Å². The Hall–Kier alpha value is -0.120. The summed E-state index contributed by atoms with van der Waals surface area (Å²) >= 11 is 0. The second-order valence-electron chi connectivity index (χ2n) is 2.80. The molecule has 0 N–H and O–H groups in total. The predicted octanol–water partition coefficient (Wildman–Crippen LogP) is 1.05. The lowest BCUT2D eigenvalue weighted by Gasteiger charge is -2.34. The first-order valence-corrected chi connectivity index (χ1v) is 4.14. The van der Waals surface area contributed by atoms with E-state index in [2.05, 4.69) is 11.8 Å². The summed E-state index contributed by atoms with van der Waals surface area (Å²) < 4.78 is 10.7. The molecule has 66 valence electrons. The third-order valence-electron chi connectivity index (χ3n) is 2.42. The fourth-order valence-corrected chi connectivity index (χ4v) is 1.77. The summed E-state index contributed by atoms with van der Waals surface area (Å²) in [7, 11) is 3.41. The van der Waals surface area contributed by atoms with Crippen molar-refractivity contribution in [2.45, 2.75) is 25.7 Å². The highest BCUT2D eigenvalue weighted by molar-refractivity contribution is 4.78. The average molecular weight is 159 g/mol. The second-order valence-corrected chi connectivity index (χ2v) is 2.80. The molecule has 1 rings (SSSR count). The molecule has 1 aliphatic rings. The van der Waals surface area contributed by atoms with Crippen LogP contribution in [0.3, 0.4) is 0 Å². The van der Waals surface area contributed by atoms with Crippen LogP contribution in [0.15, 0.2) is 0 Å². The number of hydrogen-bond acceptors (Lipinski definition) is 3. The monoisotopic (exact) mass is 159 g/mol. The Morgan fingerprint density at radius 1 is 1.36 bits per heavy atom. The van der Waals surface area contributed by atoms with E-state index in [1.807, 2.05) is 0 Å². The van der Waals surface area contributed by atoms with E-state index in [1.54, 1.807) is 14.2 Å². The van der Waals surface area contributed by atoms with Crippen LogP contribution >= 0.6 is 0 Å². The molecule has 0 amide bonds. The lowest BCUT2D eigenvalue weighted by molar-refractivity contribution is -0.277. The smallest absolute Gasteiger partial charge is 0.229 e. The van der Waals surface area contributed by atoms with Crippen LogP contribution in [-0.2, 0) is 9.47 Å². The Labute approximate surface area is 68.3 Å². The van der Waals surface area contributed by atoms with Crippen molar-refractivity contribution in [1.29, 1.82) is 0 Å². The minimum absolute atomic E-state index is 0.422. The van der Waals surface area contributed by atoms with Gasteiger partial charge in [0, 0.05) is 33.7 Å². The van der Waals surface area contributed by atoms with Gasteiger partial charge in [0.25, 0.3) is 0 Å². The van der Waals surface area contributed by atoms with Gasteiger partial charge in [-0.05, 0) is 6.42 Å². The van der Waals surface area contributed by atoms with E-state index in [1.165, 1.54) is 0 Å². The summed E-state index contributed by atoms with van der Waals surface area (Å²) in [6, 6.07) is 0. The highest BCUT2D eigenvalue weighted by Crippen LogP contribution is 2.29. The molecule has 0 atom stereocenters. The molecule has 0 bridgehead atoms. The van der Waals surface area contributed by atoms with Gasteiger partial charge in [-0.1, -0.05) is 6.92 Å². The Morgan fingerprint density at radius 2 is 2.00 bits per heavy atom. The second kappa shape index (κ2) is 3.52. The molecule has 0 unspecified atom stereocenters. The standard InChI is InChI=1S/C8H17NO2/c1-4-9-7-5-6-8(9,10-2)11-3/h4-7H2,1-3H3. The van der Waals surface area contributed by atoms with Crippen LogP contribution in [0.2, 0.25) is 0 Å². The van der Waals surface area contributed by atoms with Gasteiger partial charge in [0.1, 0.15) is 0 Å². The van der Waals surface area contributed by atoms with Gasteiger partial charge < -0.3 is 9.47 Å². The van der Waals surface area contributed by atoms with E-state index in [-0.39, 0.29) is 0 Å². The maximum atomic E-state index is 5.36. The largest absolute Gasteiger partial charge is 0.341 e. The van der Waals surface area contributed by atoms with Crippen molar-refractivity contribution in [2.75, 3.05) is 27.3 Å². The zero-order chi connectivity index (χ0) is 8.32. The molecule has 0 aromatic rings. The topological polar surface area (TPSA) is 21.7 Å². The zero-order valence-electron chi connectivity index (χ0n) is 7.59. The molecule has 11 heavy (non-hydrogen) atoms. The van der Waals surface area contributed by atoms with Crippen LogP contribution < -0.4 is 0 Å². The number of methoxy groups -OCH3 is 2. The number of ether oxygens (including phenoxy) is 2. The number of rotatable bonds is 3. The third kappa shape index (κ3) is 1.41. The van der Waals surface area contributed by atoms with Crippen molar-refractivity contribution in [1.82, 2.24) is 4.90 Å². The first kappa shape index (κ1) is 8.97. The summed E-state index contributed by atoms with van der Waals surface area (Å²) in [6.45, 7) is 4.19. The maximum Gasteiger partial charge on any atom is 0.229 e. The minimum atomic E-state index is -0.422. The Morgan fingerprint density at radius 3 is 2.36 bits per heavy atom. The molecule has 3 nitrogen and oxygen atoms in total. The molecule has 0 radical (unpaired) electrons. The Bertz CT molecular complexity index is 123. The highest BCUT2D eigenvalue weighted by atomic mass is 16.7. The molecule has 0 saturated carbocycles. The molecule has 0 spiro atoms. The molecule has 3 heteroatoms. The third-order valence-corrected chi connectivity index (χ3v) is 2.42. The van der Waals surface area contributed by atoms with Crippen LogP contribution in [0.25, 0.3) is 0 Å². The first-order valence-electron chi connectivity index (χ1n) is 4.14. The summed E-state index contributed by atoms with van der Waals surface area (Å²) in [6.07, 6.45) is 2.14. The number of likely N-dealkylation sites (tertiary alicyclic amines) is 1. The van der Waals surface area contributed by atoms with Gasteiger partial charge in [-0.3, -0.25) is 4.90 Å². The van der Waals surface area contributed by atoms with E-state index >= 15 is 0 Å². The van der Waals surface area contributed by atoms with Crippen molar-refractivity contribution < 1.29 is 9.47 Å². The van der Waals surface area contributed by atoms with Gasteiger partial charge in [0.05, 0.1) is 0 Å². The normalized spacial score (nSPS) is 24.3. The number of hydrogen-bond donors (Lipinski definition) is 0. The molecule has 0 aromatic heterocycles. The predicted molar refractivity (Wildman–Crippen MR) is 43.2 cm³/mol.